The molecule has 1 heterocycles. The van der Waals surface area contributed by atoms with Crippen LogP contribution in [-0.4, -0.2) is 31.3 Å². The van der Waals surface area contributed by atoms with Crippen molar-refractivity contribution in [2.75, 3.05) is 13.1 Å². The molecule has 0 aromatic heterocycles. The number of carbonyl (C=O) groups is 1. The first kappa shape index (κ1) is 19.1. The second-order valence-electron chi connectivity index (χ2n) is 6.02. The van der Waals surface area contributed by atoms with Crippen molar-refractivity contribution < 1.29 is 14.3 Å². The van der Waals surface area contributed by atoms with Gasteiger partial charge in [-0.2, -0.15) is 0 Å². The second kappa shape index (κ2) is 9.23. The average Bonchev–Trinajstić information content (AvgIpc) is 2.37. The largest absolute Gasteiger partial charge is 0.489 e. The Kier molecular flexibility index (Phi) is 8.01. The monoisotopic (exact) mass is 347 g/mol. The SMILES string of the molecule is CC(C)(C)OC=O.Clc1cc(Cl)cc(O[C@@H]2CCCNC2)c1. The molecular weight excluding hydrogens is 325 g/mol. The Morgan fingerprint density at radius 3 is 2.27 bits per heavy atom. The molecule has 0 radical (unpaired) electrons. The molecule has 1 aromatic carbocycles. The van der Waals surface area contributed by atoms with Crippen LogP contribution in [0.2, 0.25) is 10.0 Å². The van der Waals surface area contributed by atoms with Gasteiger partial charge in [-0.25, -0.2) is 0 Å². The van der Waals surface area contributed by atoms with Gasteiger partial charge in [0.05, 0.1) is 0 Å². The fourth-order valence-corrected chi connectivity index (χ4v) is 2.36. The van der Waals surface area contributed by atoms with Gasteiger partial charge in [-0.3, -0.25) is 4.79 Å². The molecule has 0 aliphatic carbocycles. The van der Waals surface area contributed by atoms with Gasteiger partial charge in [-0.05, 0) is 58.4 Å². The molecule has 0 saturated carbocycles. The van der Waals surface area contributed by atoms with Crippen molar-refractivity contribution in [1.29, 1.82) is 0 Å². The van der Waals surface area contributed by atoms with E-state index in [0.29, 0.717) is 16.5 Å². The van der Waals surface area contributed by atoms with Crippen LogP contribution >= 0.6 is 23.2 Å². The minimum Gasteiger partial charge on any atom is -0.489 e. The van der Waals surface area contributed by atoms with Crippen LogP contribution in [0.1, 0.15) is 33.6 Å². The van der Waals surface area contributed by atoms with E-state index in [1.807, 2.05) is 20.8 Å². The van der Waals surface area contributed by atoms with Crippen molar-refractivity contribution in [3.05, 3.63) is 28.2 Å². The average molecular weight is 348 g/mol. The molecule has 1 aliphatic rings. The van der Waals surface area contributed by atoms with E-state index in [1.165, 1.54) is 0 Å². The lowest BCUT2D eigenvalue weighted by Crippen LogP contribution is -2.37. The minimum absolute atomic E-state index is 0.230. The number of nitrogens with one attached hydrogen (secondary N) is 1. The minimum atomic E-state index is -0.318. The molecule has 1 saturated heterocycles. The van der Waals surface area contributed by atoms with Crippen LogP contribution in [0.25, 0.3) is 0 Å². The van der Waals surface area contributed by atoms with Gasteiger partial charge in [-0.15, -0.1) is 0 Å². The highest BCUT2D eigenvalue weighted by Gasteiger charge is 2.14. The molecule has 1 aliphatic heterocycles. The van der Waals surface area contributed by atoms with E-state index in [2.05, 4.69) is 10.1 Å². The zero-order chi connectivity index (χ0) is 16.6. The van der Waals surface area contributed by atoms with Gasteiger partial charge in [0.1, 0.15) is 17.5 Å². The molecule has 1 fully saturated rings. The molecule has 6 heteroatoms. The van der Waals surface area contributed by atoms with E-state index >= 15 is 0 Å². The topological polar surface area (TPSA) is 47.6 Å². The summed E-state index contributed by atoms with van der Waals surface area (Å²) in [6, 6.07) is 5.29. The standard InChI is InChI=1S/C11H13Cl2NO.C5H10O2/c12-8-4-9(13)6-11(5-8)15-10-2-1-3-14-7-10;1-5(2,3)7-4-6/h4-6,10,14H,1-3,7H2;4H,1-3H3/t10-;/m1./s1. The number of hydrogen-bond acceptors (Lipinski definition) is 4. The summed E-state index contributed by atoms with van der Waals surface area (Å²) in [6.07, 6.45) is 2.46. The lowest BCUT2D eigenvalue weighted by atomic mass is 10.1. The van der Waals surface area contributed by atoms with E-state index in [0.717, 1.165) is 31.7 Å². The normalized spacial score (nSPS) is 18.0. The molecule has 1 atom stereocenters. The van der Waals surface area contributed by atoms with Gasteiger partial charge in [0, 0.05) is 16.6 Å². The third-order valence-corrected chi connectivity index (χ3v) is 3.23. The molecule has 2 rings (SSSR count). The zero-order valence-electron chi connectivity index (χ0n) is 13.2. The van der Waals surface area contributed by atoms with Gasteiger partial charge >= 0.3 is 0 Å². The third kappa shape index (κ3) is 8.47. The maximum absolute atomic E-state index is 9.60. The van der Waals surface area contributed by atoms with Crippen LogP contribution in [0.15, 0.2) is 18.2 Å². The van der Waals surface area contributed by atoms with E-state index in [1.54, 1.807) is 18.2 Å². The number of piperidine rings is 1. The molecular formula is C16H23Cl2NO3. The molecule has 124 valence electrons. The van der Waals surface area contributed by atoms with Crippen molar-refractivity contribution in [2.45, 2.75) is 45.3 Å². The van der Waals surface area contributed by atoms with E-state index in [9.17, 15) is 4.79 Å². The molecule has 0 spiro atoms. The molecule has 4 nitrogen and oxygen atoms in total. The Balaban J connectivity index is 0.000000295. The molecule has 0 unspecified atom stereocenters. The molecule has 22 heavy (non-hydrogen) atoms. The van der Waals surface area contributed by atoms with Crippen LogP contribution < -0.4 is 10.1 Å². The first-order valence-corrected chi connectivity index (χ1v) is 8.00. The highest BCUT2D eigenvalue weighted by molar-refractivity contribution is 6.34. The van der Waals surface area contributed by atoms with Gasteiger partial charge < -0.3 is 14.8 Å². The summed E-state index contributed by atoms with van der Waals surface area (Å²) in [6.45, 7) is 7.89. The smallest absolute Gasteiger partial charge is 0.293 e. The summed E-state index contributed by atoms with van der Waals surface area (Å²) in [7, 11) is 0. The summed E-state index contributed by atoms with van der Waals surface area (Å²) in [5.41, 5.74) is -0.318. The summed E-state index contributed by atoms with van der Waals surface area (Å²) >= 11 is 11.8. The molecule has 0 bridgehead atoms. The fourth-order valence-electron chi connectivity index (χ4n) is 1.85. The predicted molar refractivity (Wildman–Crippen MR) is 89.9 cm³/mol. The van der Waals surface area contributed by atoms with E-state index in [4.69, 9.17) is 27.9 Å². The summed E-state index contributed by atoms with van der Waals surface area (Å²) < 4.78 is 10.3. The number of halogens is 2. The number of hydrogen-bond donors (Lipinski definition) is 1. The fraction of sp³-hybridized carbons (Fsp3) is 0.562. The second-order valence-corrected chi connectivity index (χ2v) is 6.89. The van der Waals surface area contributed by atoms with E-state index in [-0.39, 0.29) is 11.7 Å². The highest BCUT2D eigenvalue weighted by Crippen LogP contribution is 2.25. The number of carbonyl (C=O) groups excluding carboxylic acids is 1. The quantitative estimate of drug-likeness (QED) is 0.836. The van der Waals surface area contributed by atoms with E-state index < -0.39 is 0 Å². The zero-order valence-corrected chi connectivity index (χ0v) is 14.7. The molecule has 1 aromatic rings. The molecule has 0 amide bonds. The van der Waals surface area contributed by atoms with Crippen LogP contribution in [0.5, 0.6) is 5.75 Å². The van der Waals surface area contributed by atoms with Gasteiger partial charge in [-0.1, -0.05) is 23.2 Å². The Bertz CT molecular complexity index is 449. The number of ether oxygens (including phenoxy) is 2. The maximum atomic E-state index is 9.60. The van der Waals surface area contributed by atoms with Crippen LogP contribution in [0, 0.1) is 0 Å². The third-order valence-electron chi connectivity index (χ3n) is 2.79. The van der Waals surface area contributed by atoms with Crippen LogP contribution in [-0.2, 0) is 9.53 Å². The summed E-state index contributed by atoms with van der Waals surface area (Å²) in [5.74, 6) is 0.751. The van der Waals surface area contributed by atoms with Gasteiger partial charge in [0.25, 0.3) is 6.47 Å². The lowest BCUT2D eigenvalue weighted by molar-refractivity contribution is -0.138. The Morgan fingerprint density at radius 2 is 1.86 bits per heavy atom. The van der Waals surface area contributed by atoms with Gasteiger partial charge in [0.2, 0.25) is 0 Å². The van der Waals surface area contributed by atoms with Crippen molar-refractivity contribution in [3.8, 4) is 5.75 Å². The van der Waals surface area contributed by atoms with Crippen molar-refractivity contribution in [1.82, 2.24) is 5.32 Å². The van der Waals surface area contributed by atoms with Crippen molar-refractivity contribution >= 4 is 29.7 Å². The Hall–Kier alpha value is -0.970. The Labute approximate surface area is 142 Å². The summed E-state index contributed by atoms with van der Waals surface area (Å²) in [5, 5.41) is 4.52. The Morgan fingerprint density at radius 1 is 1.23 bits per heavy atom. The predicted octanol–water partition coefficient (Wildman–Crippen LogP) is 4.08. The summed E-state index contributed by atoms with van der Waals surface area (Å²) in [4.78, 5) is 9.60. The van der Waals surface area contributed by atoms with Crippen LogP contribution in [0.4, 0.5) is 0 Å². The first-order valence-electron chi connectivity index (χ1n) is 7.25. The molecule has 1 N–H and O–H groups in total. The van der Waals surface area contributed by atoms with Gasteiger partial charge in [0.15, 0.2) is 0 Å². The first-order chi connectivity index (χ1) is 10.3. The maximum Gasteiger partial charge on any atom is 0.293 e. The van der Waals surface area contributed by atoms with Crippen LogP contribution in [0.3, 0.4) is 0 Å². The number of rotatable bonds is 3. The highest BCUT2D eigenvalue weighted by atomic mass is 35.5. The number of benzene rings is 1. The van der Waals surface area contributed by atoms with Crippen molar-refractivity contribution in [3.63, 3.8) is 0 Å². The van der Waals surface area contributed by atoms with Crippen molar-refractivity contribution in [2.24, 2.45) is 0 Å². The lowest BCUT2D eigenvalue weighted by Gasteiger charge is -2.24.